The number of oxime groups is 1. The summed E-state index contributed by atoms with van der Waals surface area (Å²) in [6, 6.07) is 2.39. The fraction of sp³-hybridized carbons (Fsp3) is 0.217. The second kappa shape index (κ2) is 11.9. The zero-order valence-corrected chi connectivity index (χ0v) is 23.4. The average Bonchev–Trinajstić information content (AvgIpc) is 3.57. The lowest BCUT2D eigenvalue weighted by Gasteiger charge is -2.49. The summed E-state index contributed by atoms with van der Waals surface area (Å²) in [6.45, 7) is 0.126. The number of nitrogens with one attached hydrogen (secondary N) is 2. The molecule has 2 atom stereocenters. The standard InChI is InChI=1S/C23H21N9O6S3/c24-22-27-13(8-40-22)6-38-30-15(14-9-41-23(25)28-14)18(34)29-16-19(35)32-17(21(36)37)11(7-39-20(16)32)4-31-3-1-2-12(5-31)26-10-33/h1-3,5,8-10,16,20H,4,6-7H2,(H6-,24,25,26,27,28,29,33,34,36,37)/p+1/t16?,20-/m0/s1. The first-order valence-corrected chi connectivity index (χ1v) is 14.6. The number of thioether (sulfide) groups is 1. The second-order valence-electron chi connectivity index (χ2n) is 8.61. The van der Waals surface area contributed by atoms with E-state index in [0.29, 0.717) is 34.2 Å². The van der Waals surface area contributed by atoms with Crippen LogP contribution in [0.2, 0.25) is 0 Å². The molecule has 5 rings (SSSR count). The predicted octanol–water partition coefficient (Wildman–Crippen LogP) is -0.0205. The van der Waals surface area contributed by atoms with Crippen LogP contribution >= 0.6 is 34.4 Å². The largest absolute Gasteiger partial charge is 0.477 e. The molecule has 0 radical (unpaired) electrons. The Morgan fingerprint density at radius 2 is 2.05 bits per heavy atom. The van der Waals surface area contributed by atoms with Crippen LogP contribution < -0.4 is 26.7 Å². The quantitative estimate of drug-likeness (QED) is 0.0633. The molecule has 3 aromatic rings. The van der Waals surface area contributed by atoms with Gasteiger partial charge in [-0.2, -0.15) is 4.57 Å². The van der Waals surface area contributed by atoms with Crippen LogP contribution in [0.4, 0.5) is 16.0 Å². The van der Waals surface area contributed by atoms with E-state index in [1.54, 1.807) is 34.5 Å². The monoisotopic (exact) mass is 616 g/mol. The number of carbonyl (C=O) groups is 4. The van der Waals surface area contributed by atoms with E-state index in [9.17, 15) is 24.3 Å². The molecule has 2 aliphatic heterocycles. The van der Waals surface area contributed by atoms with Gasteiger partial charge in [0, 0.05) is 28.2 Å². The van der Waals surface area contributed by atoms with Gasteiger partial charge < -0.3 is 32.0 Å². The summed E-state index contributed by atoms with van der Waals surface area (Å²) in [4.78, 5) is 64.1. The van der Waals surface area contributed by atoms with Crippen LogP contribution in [0, 0.1) is 0 Å². The van der Waals surface area contributed by atoms with Gasteiger partial charge in [0.1, 0.15) is 28.5 Å². The van der Waals surface area contributed by atoms with Crippen LogP contribution in [0.1, 0.15) is 11.4 Å². The van der Waals surface area contributed by atoms with Crippen LogP contribution in [-0.4, -0.2) is 67.0 Å². The highest BCUT2D eigenvalue weighted by Crippen LogP contribution is 2.40. The highest BCUT2D eigenvalue weighted by molar-refractivity contribution is 8.00. The Labute approximate surface area is 243 Å². The van der Waals surface area contributed by atoms with Gasteiger partial charge in [0.15, 0.2) is 41.5 Å². The Kier molecular flexibility index (Phi) is 8.13. The third-order valence-electron chi connectivity index (χ3n) is 5.91. The Bertz CT molecular complexity index is 1590. The van der Waals surface area contributed by atoms with Crippen molar-refractivity contribution in [3.05, 3.63) is 57.9 Å². The van der Waals surface area contributed by atoms with Gasteiger partial charge in [-0.05, 0) is 6.07 Å². The smallest absolute Gasteiger partial charge is 0.352 e. The Morgan fingerprint density at radius 3 is 2.73 bits per heavy atom. The molecule has 0 bridgehead atoms. The highest BCUT2D eigenvalue weighted by Gasteiger charge is 2.54. The molecule has 0 aliphatic carbocycles. The first-order valence-electron chi connectivity index (χ1n) is 11.8. The number of anilines is 3. The number of hydrogen-bond donors (Lipinski definition) is 5. The van der Waals surface area contributed by atoms with Crippen LogP contribution in [0.25, 0.3) is 0 Å². The molecule has 15 nitrogen and oxygen atoms in total. The van der Waals surface area contributed by atoms with E-state index in [1.807, 2.05) is 0 Å². The van der Waals surface area contributed by atoms with Crippen molar-refractivity contribution >= 4 is 80.3 Å². The van der Waals surface area contributed by atoms with E-state index >= 15 is 0 Å². The van der Waals surface area contributed by atoms with Crippen LogP contribution in [0.3, 0.4) is 0 Å². The number of thiazole rings is 2. The lowest BCUT2D eigenvalue weighted by Crippen LogP contribution is -2.71. The highest BCUT2D eigenvalue weighted by atomic mass is 32.2. The molecular formula is C23H22N9O6S3+. The van der Waals surface area contributed by atoms with E-state index in [0.717, 1.165) is 11.3 Å². The number of nitrogens with zero attached hydrogens (tertiary/aromatic N) is 5. The second-order valence-corrected chi connectivity index (χ2v) is 11.5. The minimum Gasteiger partial charge on any atom is -0.477 e. The maximum absolute atomic E-state index is 13.3. The fourth-order valence-corrected chi connectivity index (χ4v) is 6.59. The number of carboxylic acid groups (broad SMARTS) is 1. The first kappa shape index (κ1) is 28.0. The molecule has 41 heavy (non-hydrogen) atoms. The lowest BCUT2D eigenvalue weighted by atomic mass is 10.0. The summed E-state index contributed by atoms with van der Waals surface area (Å²) in [5, 5.41) is 22.2. The van der Waals surface area contributed by atoms with Gasteiger partial charge in [0.2, 0.25) is 6.41 Å². The number of aromatic nitrogens is 3. The van der Waals surface area contributed by atoms with Gasteiger partial charge >= 0.3 is 5.97 Å². The molecule has 3 amide bonds. The Hall–Kier alpha value is -4.55. The van der Waals surface area contributed by atoms with E-state index in [4.69, 9.17) is 16.3 Å². The summed E-state index contributed by atoms with van der Waals surface area (Å²) in [6.07, 6.45) is 3.91. The number of nitrogen functional groups attached to an aromatic ring is 2. The number of pyridine rings is 1. The number of aliphatic carboxylic acids is 1. The number of β-lactam (4-membered cyclic amide) rings is 1. The van der Waals surface area contributed by atoms with Gasteiger partial charge in [-0.3, -0.25) is 19.3 Å². The number of carboxylic acids is 1. The minimum atomic E-state index is -1.26. The number of fused-ring (bicyclic) bond motifs is 1. The SMILES string of the molecule is Nc1nc(CON=C(C(=O)NC2C(=O)N3C(C(=O)O)=C(C[n+]4cccc(NC=O)c4)CS[C@@H]23)c2csc(N)n2)cs1. The molecule has 0 spiro atoms. The van der Waals surface area contributed by atoms with E-state index in [-0.39, 0.29) is 35.4 Å². The molecule has 2 aliphatic rings. The normalized spacial score (nSPS) is 18.4. The third kappa shape index (κ3) is 5.98. The van der Waals surface area contributed by atoms with E-state index in [2.05, 4.69) is 25.8 Å². The third-order valence-corrected chi connectivity index (χ3v) is 8.65. The van der Waals surface area contributed by atoms with Gasteiger partial charge in [-0.15, -0.1) is 34.4 Å². The molecule has 3 aromatic heterocycles. The molecule has 7 N–H and O–H groups in total. The maximum Gasteiger partial charge on any atom is 0.352 e. The first-order chi connectivity index (χ1) is 19.7. The Balaban J connectivity index is 1.32. The van der Waals surface area contributed by atoms with Crippen LogP contribution in [-0.2, 0) is 37.2 Å². The summed E-state index contributed by atoms with van der Waals surface area (Å²) >= 11 is 3.65. The number of amides is 3. The molecule has 18 heteroatoms. The summed E-state index contributed by atoms with van der Waals surface area (Å²) in [5.74, 6) is -2.29. The molecule has 212 valence electrons. The van der Waals surface area contributed by atoms with Crippen LogP contribution in [0.5, 0.6) is 0 Å². The molecular weight excluding hydrogens is 595 g/mol. The lowest BCUT2D eigenvalue weighted by molar-refractivity contribution is -0.688. The van der Waals surface area contributed by atoms with E-state index < -0.39 is 29.2 Å². The molecule has 0 aromatic carbocycles. The molecule has 0 saturated carbocycles. The number of carbonyl (C=O) groups excluding carboxylic acids is 3. The molecule has 5 heterocycles. The molecule has 1 unspecified atom stereocenters. The minimum absolute atomic E-state index is 0.0552. The van der Waals surface area contributed by atoms with Crippen molar-refractivity contribution in [3.63, 3.8) is 0 Å². The fourth-order valence-electron chi connectivity index (χ4n) is 4.16. The van der Waals surface area contributed by atoms with Crippen molar-refractivity contribution in [2.24, 2.45) is 5.16 Å². The predicted molar refractivity (Wildman–Crippen MR) is 150 cm³/mol. The van der Waals surface area contributed by atoms with Crippen LogP contribution in [0.15, 0.2) is 51.7 Å². The van der Waals surface area contributed by atoms with Gasteiger partial charge in [0.25, 0.3) is 11.8 Å². The van der Waals surface area contributed by atoms with Crippen molar-refractivity contribution in [2.45, 2.75) is 24.6 Å². The zero-order valence-electron chi connectivity index (χ0n) is 20.9. The summed E-state index contributed by atoms with van der Waals surface area (Å²) in [7, 11) is 0. The molecule has 1 fully saturated rings. The Morgan fingerprint density at radius 1 is 1.27 bits per heavy atom. The summed E-state index contributed by atoms with van der Waals surface area (Å²) < 4.78 is 1.71. The van der Waals surface area contributed by atoms with Crippen molar-refractivity contribution in [1.82, 2.24) is 20.2 Å². The maximum atomic E-state index is 13.3. The number of nitrogens with two attached hydrogens (primary N) is 2. The van der Waals surface area contributed by atoms with Crippen molar-refractivity contribution < 1.29 is 33.7 Å². The van der Waals surface area contributed by atoms with Crippen molar-refractivity contribution in [1.29, 1.82) is 0 Å². The zero-order chi connectivity index (χ0) is 29.1. The van der Waals surface area contributed by atoms with Crippen molar-refractivity contribution in [3.8, 4) is 0 Å². The van der Waals surface area contributed by atoms with Crippen molar-refractivity contribution in [2.75, 3.05) is 22.5 Å². The van der Waals surface area contributed by atoms with Gasteiger partial charge in [-0.25, -0.2) is 14.8 Å². The van der Waals surface area contributed by atoms with E-state index in [1.165, 1.54) is 33.4 Å². The average molecular weight is 617 g/mol. The number of rotatable bonds is 11. The van der Waals surface area contributed by atoms with Gasteiger partial charge in [-0.1, -0.05) is 5.16 Å². The van der Waals surface area contributed by atoms with Gasteiger partial charge in [0.05, 0.1) is 5.69 Å². The molecule has 1 saturated heterocycles. The summed E-state index contributed by atoms with van der Waals surface area (Å²) in [5.41, 5.74) is 12.7. The topological polar surface area (TPSA) is 219 Å². The number of hydrogen-bond acceptors (Lipinski definition) is 13.